The number of rotatable bonds is 7. The van der Waals surface area contributed by atoms with E-state index in [0.717, 1.165) is 23.2 Å². The standard InChI is InChI=1S/C17H15FN4O2S/c1-2-24-13-9-7-12(8-10-13)22-17(19-20-21-22)25-11-16(23)14-5-3-4-6-15(14)18/h3-10H,2,11H2,1H3. The fourth-order valence-corrected chi connectivity index (χ4v) is 2.95. The summed E-state index contributed by atoms with van der Waals surface area (Å²) in [6.07, 6.45) is 0. The zero-order valence-electron chi connectivity index (χ0n) is 13.4. The summed E-state index contributed by atoms with van der Waals surface area (Å²) in [5.41, 5.74) is 0.810. The summed E-state index contributed by atoms with van der Waals surface area (Å²) in [5.74, 6) is -0.0509. The minimum Gasteiger partial charge on any atom is -0.494 e. The third-order valence-electron chi connectivity index (χ3n) is 3.34. The molecule has 128 valence electrons. The van der Waals surface area contributed by atoms with Gasteiger partial charge in [-0.25, -0.2) is 4.39 Å². The molecule has 0 bridgehead atoms. The number of benzene rings is 2. The number of ether oxygens (including phenoxy) is 1. The number of hydrogen-bond donors (Lipinski definition) is 0. The largest absolute Gasteiger partial charge is 0.494 e. The number of Topliss-reactive ketones (excluding diaryl/α,β-unsaturated/α-hetero) is 1. The molecule has 0 amide bonds. The van der Waals surface area contributed by atoms with Gasteiger partial charge in [0.25, 0.3) is 0 Å². The van der Waals surface area contributed by atoms with Crippen molar-refractivity contribution in [2.75, 3.05) is 12.4 Å². The molecule has 25 heavy (non-hydrogen) atoms. The first-order chi connectivity index (χ1) is 12.2. The number of thioether (sulfide) groups is 1. The normalized spacial score (nSPS) is 10.6. The van der Waals surface area contributed by atoms with Gasteiger partial charge >= 0.3 is 0 Å². The van der Waals surface area contributed by atoms with Gasteiger partial charge in [0.1, 0.15) is 11.6 Å². The SMILES string of the molecule is CCOc1ccc(-n2nnnc2SCC(=O)c2ccccc2F)cc1. The second kappa shape index (κ2) is 7.89. The highest BCUT2D eigenvalue weighted by Crippen LogP contribution is 2.21. The zero-order chi connectivity index (χ0) is 17.6. The van der Waals surface area contributed by atoms with Crippen molar-refractivity contribution in [2.45, 2.75) is 12.1 Å². The van der Waals surface area contributed by atoms with Gasteiger partial charge in [0.2, 0.25) is 5.16 Å². The van der Waals surface area contributed by atoms with Crippen LogP contribution < -0.4 is 4.74 Å². The van der Waals surface area contributed by atoms with Gasteiger partial charge in [-0.3, -0.25) is 4.79 Å². The van der Waals surface area contributed by atoms with Gasteiger partial charge in [-0.05, 0) is 53.7 Å². The van der Waals surface area contributed by atoms with Crippen molar-refractivity contribution in [3.8, 4) is 11.4 Å². The number of nitrogens with zero attached hydrogens (tertiary/aromatic N) is 4. The van der Waals surface area contributed by atoms with Gasteiger partial charge in [0, 0.05) is 0 Å². The number of hydrogen-bond acceptors (Lipinski definition) is 6. The minimum atomic E-state index is -0.529. The highest BCUT2D eigenvalue weighted by atomic mass is 32.2. The lowest BCUT2D eigenvalue weighted by Crippen LogP contribution is -2.07. The van der Waals surface area contributed by atoms with E-state index in [4.69, 9.17) is 4.74 Å². The number of aromatic nitrogens is 4. The first-order valence-electron chi connectivity index (χ1n) is 7.61. The molecule has 8 heteroatoms. The highest BCUT2D eigenvalue weighted by Gasteiger charge is 2.15. The molecule has 6 nitrogen and oxygen atoms in total. The highest BCUT2D eigenvalue weighted by molar-refractivity contribution is 7.99. The molecule has 1 heterocycles. The van der Waals surface area contributed by atoms with E-state index in [-0.39, 0.29) is 17.1 Å². The maximum Gasteiger partial charge on any atom is 0.214 e. The Morgan fingerprint density at radius 2 is 1.96 bits per heavy atom. The molecular weight excluding hydrogens is 343 g/mol. The summed E-state index contributed by atoms with van der Waals surface area (Å²) < 4.78 is 20.6. The molecule has 0 fully saturated rings. The van der Waals surface area contributed by atoms with Crippen LogP contribution in [0.4, 0.5) is 4.39 Å². The van der Waals surface area contributed by atoms with E-state index in [1.165, 1.54) is 16.8 Å². The Balaban J connectivity index is 1.72. The molecule has 0 atom stereocenters. The van der Waals surface area contributed by atoms with Gasteiger partial charge in [0.05, 0.1) is 23.6 Å². The topological polar surface area (TPSA) is 69.9 Å². The Morgan fingerprint density at radius 3 is 2.68 bits per heavy atom. The lowest BCUT2D eigenvalue weighted by Gasteiger charge is -2.06. The summed E-state index contributed by atoms with van der Waals surface area (Å²) in [4.78, 5) is 12.2. The summed E-state index contributed by atoms with van der Waals surface area (Å²) in [5, 5.41) is 12.0. The first-order valence-corrected chi connectivity index (χ1v) is 8.59. The van der Waals surface area contributed by atoms with E-state index in [1.54, 1.807) is 12.1 Å². The van der Waals surface area contributed by atoms with Gasteiger partial charge in [-0.2, -0.15) is 4.68 Å². The molecule has 0 saturated heterocycles. The Kier molecular flexibility index (Phi) is 5.39. The Morgan fingerprint density at radius 1 is 1.20 bits per heavy atom. The maximum atomic E-state index is 13.7. The van der Waals surface area contributed by atoms with Gasteiger partial charge in [-0.1, -0.05) is 23.9 Å². The van der Waals surface area contributed by atoms with Crippen molar-refractivity contribution in [3.63, 3.8) is 0 Å². The van der Waals surface area contributed by atoms with Crippen LogP contribution in [-0.2, 0) is 0 Å². The average molecular weight is 358 g/mol. The predicted octanol–water partition coefficient (Wildman–Crippen LogP) is 3.18. The van der Waals surface area contributed by atoms with Crippen LogP contribution >= 0.6 is 11.8 Å². The molecule has 0 aliphatic rings. The molecule has 1 aromatic heterocycles. The Labute approximate surface area is 148 Å². The molecule has 2 aromatic carbocycles. The molecule has 0 aliphatic carbocycles. The first kappa shape index (κ1) is 17.1. The summed E-state index contributed by atoms with van der Waals surface area (Å²) >= 11 is 1.15. The molecule has 0 spiro atoms. The van der Waals surface area contributed by atoms with E-state index in [9.17, 15) is 9.18 Å². The van der Waals surface area contributed by atoms with E-state index < -0.39 is 5.82 Å². The number of halogens is 1. The van der Waals surface area contributed by atoms with Crippen LogP contribution in [0.1, 0.15) is 17.3 Å². The van der Waals surface area contributed by atoms with Gasteiger partial charge in [0.15, 0.2) is 5.78 Å². The minimum absolute atomic E-state index is 0.0400. The van der Waals surface area contributed by atoms with Crippen molar-refractivity contribution in [1.29, 1.82) is 0 Å². The summed E-state index contributed by atoms with van der Waals surface area (Å²) in [6, 6.07) is 13.2. The number of carbonyl (C=O) groups excluding carboxylic acids is 1. The fraction of sp³-hybridized carbons (Fsp3) is 0.176. The van der Waals surface area contributed by atoms with Crippen LogP contribution in [0.2, 0.25) is 0 Å². The van der Waals surface area contributed by atoms with Gasteiger partial charge in [-0.15, -0.1) is 5.10 Å². The molecule has 0 radical (unpaired) electrons. The van der Waals surface area contributed by atoms with E-state index in [2.05, 4.69) is 15.5 Å². The van der Waals surface area contributed by atoms with E-state index in [1.807, 2.05) is 31.2 Å². The zero-order valence-corrected chi connectivity index (χ0v) is 14.2. The van der Waals surface area contributed by atoms with Crippen molar-refractivity contribution >= 4 is 17.5 Å². The lowest BCUT2D eigenvalue weighted by molar-refractivity contribution is 0.101. The molecule has 3 rings (SSSR count). The third-order valence-corrected chi connectivity index (χ3v) is 4.26. The molecule has 0 unspecified atom stereocenters. The molecule has 0 aliphatic heterocycles. The van der Waals surface area contributed by atoms with E-state index in [0.29, 0.717) is 11.8 Å². The smallest absolute Gasteiger partial charge is 0.214 e. The third kappa shape index (κ3) is 4.03. The molecule has 0 saturated carbocycles. The van der Waals surface area contributed by atoms with Crippen LogP contribution in [0, 0.1) is 5.82 Å². The number of tetrazole rings is 1. The average Bonchev–Trinajstić information content (AvgIpc) is 3.09. The predicted molar refractivity (Wildman–Crippen MR) is 91.8 cm³/mol. The Hall–Kier alpha value is -2.74. The molecular formula is C17H15FN4O2S. The van der Waals surface area contributed by atoms with Crippen LogP contribution in [-0.4, -0.2) is 38.4 Å². The number of ketones is 1. The molecule has 3 aromatic rings. The monoisotopic (exact) mass is 358 g/mol. The van der Waals surface area contributed by atoms with Gasteiger partial charge < -0.3 is 4.74 Å². The van der Waals surface area contributed by atoms with Crippen molar-refractivity contribution in [1.82, 2.24) is 20.2 Å². The van der Waals surface area contributed by atoms with E-state index >= 15 is 0 Å². The van der Waals surface area contributed by atoms with Crippen molar-refractivity contribution in [2.24, 2.45) is 0 Å². The van der Waals surface area contributed by atoms with Crippen LogP contribution in [0.15, 0.2) is 53.7 Å². The maximum absolute atomic E-state index is 13.7. The Bertz CT molecular complexity index is 867. The second-order valence-corrected chi connectivity index (χ2v) is 5.93. The lowest BCUT2D eigenvalue weighted by atomic mass is 10.1. The summed E-state index contributed by atoms with van der Waals surface area (Å²) in [7, 11) is 0. The second-order valence-electron chi connectivity index (χ2n) is 4.99. The fourth-order valence-electron chi connectivity index (χ4n) is 2.18. The van der Waals surface area contributed by atoms with Crippen LogP contribution in [0.3, 0.4) is 0 Å². The van der Waals surface area contributed by atoms with Crippen molar-refractivity contribution in [3.05, 3.63) is 59.9 Å². The van der Waals surface area contributed by atoms with Crippen LogP contribution in [0.5, 0.6) is 5.75 Å². The number of carbonyl (C=O) groups is 1. The molecule has 0 N–H and O–H groups in total. The quantitative estimate of drug-likeness (QED) is 0.477. The summed E-state index contributed by atoms with van der Waals surface area (Å²) in [6.45, 7) is 2.50. The van der Waals surface area contributed by atoms with Crippen LogP contribution in [0.25, 0.3) is 5.69 Å². The van der Waals surface area contributed by atoms with Crippen molar-refractivity contribution < 1.29 is 13.9 Å².